The van der Waals surface area contributed by atoms with Gasteiger partial charge >= 0.3 is 0 Å². The van der Waals surface area contributed by atoms with Crippen LogP contribution < -0.4 is 5.32 Å². The van der Waals surface area contributed by atoms with Gasteiger partial charge in [0, 0.05) is 16.3 Å². The fraction of sp³-hybridized carbons (Fsp3) is 0.250. The number of aromatic amines is 1. The summed E-state index contributed by atoms with van der Waals surface area (Å²) in [5.41, 5.74) is 3.01. The van der Waals surface area contributed by atoms with E-state index in [1.807, 2.05) is 0 Å². The number of benzene rings is 1. The monoisotopic (exact) mass is 316 g/mol. The number of anilines is 1. The molecule has 0 bridgehead atoms. The molecule has 6 heteroatoms. The third kappa shape index (κ3) is 2.36. The van der Waals surface area contributed by atoms with Crippen molar-refractivity contribution in [3.05, 3.63) is 69.2 Å². The number of rotatable bonds is 3. The van der Waals surface area contributed by atoms with Gasteiger partial charge in [-0.05, 0) is 24.1 Å². The number of aromatic nitrogens is 2. The topological polar surface area (TPSA) is 45.1 Å². The Labute approximate surface area is 132 Å². The third-order valence-electron chi connectivity index (χ3n) is 3.73. The minimum absolute atomic E-state index is 0.316. The molecule has 112 valence electrons. The molecule has 1 atom stereocenters. The average molecular weight is 317 g/mol. The Kier molecular flexibility index (Phi) is 3.86. The first-order chi connectivity index (χ1) is 10.7. The maximum absolute atomic E-state index is 13.3. The van der Waals surface area contributed by atoms with Gasteiger partial charge in [-0.1, -0.05) is 31.0 Å². The molecule has 0 spiro atoms. The predicted octanol–water partition coefficient (Wildman–Crippen LogP) is 4.69. The van der Waals surface area contributed by atoms with Gasteiger partial charge in [0.25, 0.3) is 0 Å². The van der Waals surface area contributed by atoms with E-state index in [-0.39, 0.29) is 5.92 Å². The van der Waals surface area contributed by atoms with Crippen molar-refractivity contribution in [1.82, 2.24) is 10.2 Å². The number of nitrogens with one attached hydrogen (secondary N) is 2. The van der Waals surface area contributed by atoms with E-state index in [2.05, 4.69) is 27.3 Å². The quantitative estimate of drug-likeness (QED) is 0.807. The van der Waals surface area contributed by atoms with E-state index >= 15 is 0 Å². The molecule has 0 fully saturated rings. The van der Waals surface area contributed by atoms with Crippen LogP contribution in [0.15, 0.2) is 35.8 Å². The lowest BCUT2D eigenvalue weighted by Crippen LogP contribution is -2.17. The largest absolute Gasteiger partial charge is 0.354 e. The summed E-state index contributed by atoms with van der Waals surface area (Å²) in [6, 6.07) is 4.28. The molecule has 1 aromatic heterocycles. The summed E-state index contributed by atoms with van der Waals surface area (Å²) in [6.07, 6.45) is 3.35. The van der Waals surface area contributed by atoms with Crippen molar-refractivity contribution >= 4 is 17.4 Å². The number of nitrogens with zero attached hydrogens (tertiary/aromatic N) is 2. The molecular formula is C16H14ClFN4. The van der Waals surface area contributed by atoms with Gasteiger partial charge in [0.2, 0.25) is 0 Å². The Bertz CT molecular complexity index is 788. The van der Waals surface area contributed by atoms with E-state index in [0.717, 1.165) is 29.9 Å². The van der Waals surface area contributed by atoms with Crippen molar-refractivity contribution in [2.24, 2.45) is 0 Å². The number of halogens is 2. The second kappa shape index (κ2) is 5.82. The molecule has 1 aliphatic heterocycles. The van der Waals surface area contributed by atoms with Crippen molar-refractivity contribution in [1.29, 1.82) is 0 Å². The van der Waals surface area contributed by atoms with Crippen molar-refractivity contribution in [2.75, 3.05) is 5.32 Å². The lowest BCUT2D eigenvalue weighted by atomic mass is 9.86. The van der Waals surface area contributed by atoms with E-state index in [1.54, 1.807) is 12.3 Å². The first-order valence-electron chi connectivity index (χ1n) is 7.01. The molecule has 0 aliphatic carbocycles. The summed E-state index contributed by atoms with van der Waals surface area (Å²) in [4.78, 5) is 3.72. The number of fused-ring (bicyclic) bond motifs is 1. The normalized spacial score (nSPS) is 16.9. The number of hydrogen-bond acceptors (Lipinski definition) is 2. The van der Waals surface area contributed by atoms with Gasteiger partial charge in [0.1, 0.15) is 11.6 Å². The Morgan fingerprint density at radius 3 is 2.91 bits per heavy atom. The summed E-state index contributed by atoms with van der Waals surface area (Å²) in [5, 5.41) is 10.5. The van der Waals surface area contributed by atoms with Crippen molar-refractivity contribution < 1.29 is 4.39 Å². The average Bonchev–Trinajstić information content (AvgIpc) is 2.94. The molecule has 2 heterocycles. The lowest BCUT2D eigenvalue weighted by Gasteiger charge is -2.26. The number of hydrogen-bond donors (Lipinski definition) is 2. The number of H-pyrrole nitrogens is 1. The third-order valence-corrected chi connectivity index (χ3v) is 4.06. The first-order valence-corrected chi connectivity index (χ1v) is 7.39. The molecule has 1 aromatic carbocycles. The standard InChI is InChI=1S/C16H14ClFN4/c1-3-4-13-15(19-2)14(11-8-20-22-16(11)21-13)10-6-5-9(18)7-12(10)17/h5-8,14H,3-4H2,1H3,(H2,20,21,22). The molecule has 0 amide bonds. The maximum Gasteiger partial charge on any atom is 0.196 e. The fourth-order valence-corrected chi connectivity index (χ4v) is 3.05. The van der Waals surface area contributed by atoms with Crippen LogP contribution in [0.2, 0.25) is 5.02 Å². The molecular weight excluding hydrogens is 303 g/mol. The van der Waals surface area contributed by atoms with Crippen LogP contribution in [0.5, 0.6) is 0 Å². The van der Waals surface area contributed by atoms with E-state index in [1.165, 1.54) is 12.1 Å². The highest BCUT2D eigenvalue weighted by Gasteiger charge is 2.32. The summed E-state index contributed by atoms with van der Waals surface area (Å²) >= 11 is 6.23. The lowest BCUT2D eigenvalue weighted by molar-refractivity contribution is 0.627. The van der Waals surface area contributed by atoms with Crippen LogP contribution >= 0.6 is 11.6 Å². The highest BCUT2D eigenvalue weighted by molar-refractivity contribution is 6.31. The molecule has 22 heavy (non-hydrogen) atoms. The van der Waals surface area contributed by atoms with Gasteiger partial charge < -0.3 is 5.32 Å². The maximum atomic E-state index is 13.3. The molecule has 0 saturated heterocycles. The molecule has 3 rings (SSSR count). The highest BCUT2D eigenvalue weighted by Crippen LogP contribution is 2.44. The zero-order valence-electron chi connectivity index (χ0n) is 12.0. The van der Waals surface area contributed by atoms with Gasteiger partial charge in [-0.3, -0.25) is 5.10 Å². The van der Waals surface area contributed by atoms with E-state index in [9.17, 15) is 4.39 Å². The van der Waals surface area contributed by atoms with Gasteiger partial charge in [-0.25, -0.2) is 9.24 Å². The van der Waals surface area contributed by atoms with Crippen molar-refractivity contribution in [3.63, 3.8) is 0 Å². The van der Waals surface area contributed by atoms with Crippen LogP contribution in [0.3, 0.4) is 0 Å². The van der Waals surface area contributed by atoms with Gasteiger partial charge in [0.05, 0.1) is 18.7 Å². The Hall–Kier alpha value is -2.32. The summed E-state index contributed by atoms with van der Waals surface area (Å²) < 4.78 is 13.3. The van der Waals surface area contributed by atoms with E-state index < -0.39 is 5.82 Å². The van der Waals surface area contributed by atoms with Gasteiger partial charge in [-0.2, -0.15) is 5.10 Å². The molecule has 1 aliphatic rings. The Morgan fingerprint density at radius 1 is 1.41 bits per heavy atom. The van der Waals surface area contributed by atoms with Crippen LogP contribution in [-0.4, -0.2) is 10.2 Å². The molecule has 4 nitrogen and oxygen atoms in total. The summed E-state index contributed by atoms with van der Waals surface area (Å²) in [7, 11) is 0. The Balaban J connectivity index is 2.20. The van der Waals surface area contributed by atoms with E-state index in [4.69, 9.17) is 18.2 Å². The molecule has 2 aromatic rings. The first kappa shape index (κ1) is 14.6. The van der Waals surface area contributed by atoms with E-state index in [0.29, 0.717) is 16.3 Å². The number of allylic oxidation sites excluding steroid dienone is 2. The second-order valence-corrected chi connectivity index (χ2v) is 5.56. The smallest absolute Gasteiger partial charge is 0.196 e. The van der Waals surface area contributed by atoms with Gasteiger partial charge in [0.15, 0.2) is 5.70 Å². The fourth-order valence-electron chi connectivity index (χ4n) is 2.77. The van der Waals surface area contributed by atoms with Crippen LogP contribution in [0, 0.1) is 12.4 Å². The van der Waals surface area contributed by atoms with Crippen molar-refractivity contribution in [3.8, 4) is 0 Å². The Morgan fingerprint density at radius 2 is 2.23 bits per heavy atom. The van der Waals surface area contributed by atoms with Crippen LogP contribution in [-0.2, 0) is 0 Å². The summed E-state index contributed by atoms with van der Waals surface area (Å²) in [6.45, 7) is 9.63. The second-order valence-electron chi connectivity index (χ2n) is 5.15. The molecule has 1 unspecified atom stereocenters. The van der Waals surface area contributed by atoms with Crippen molar-refractivity contribution in [2.45, 2.75) is 25.7 Å². The minimum atomic E-state index is -0.391. The summed E-state index contributed by atoms with van der Waals surface area (Å²) in [5.74, 6) is 0.0422. The van der Waals surface area contributed by atoms with Gasteiger partial charge in [-0.15, -0.1) is 0 Å². The molecule has 0 radical (unpaired) electrons. The van der Waals surface area contributed by atoms with Crippen LogP contribution in [0.1, 0.15) is 36.8 Å². The molecule has 2 N–H and O–H groups in total. The minimum Gasteiger partial charge on any atom is -0.354 e. The zero-order valence-corrected chi connectivity index (χ0v) is 12.7. The van der Waals surface area contributed by atoms with Crippen LogP contribution in [0.4, 0.5) is 10.2 Å². The highest BCUT2D eigenvalue weighted by atomic mass is 35.5. The molecule has 0 saturated carbocycles. The SMILES string of the molecule is [C-]#[N+]C1=C(CCC)Nc2[nH]ncc2C1c1ccc(F)cc1Cl. The van der Waals surface area contributed by atoms with Crippen LogP contribution in [0.25, 0.3) is 4.85 Å². The predicted molar refractivity (Wildman–Crippen MR) is 84.0 cm³/mol. The zero-order chi connectivity index (χ0) is 15.7.